The standard InChI is InChI=1S/C26H32N2O4/c1-5-12-27(13-6-2)25(29)16-19-7-8-20-11-14-28(23(20)15-19)18-22-10-9-21(26(30)32-4)17-24(22)31-3/h7-11,14-15,17H,5-6,12-13,16,18H2,1-4H3. The van der Waals surface area contributed by atoms with E-state index in [4.69, 9.17) is 9.47 Å². The molecular formula is C26H32N2O4. The summed E-state index contributed by atoms with van der Waals surface area (Å²) in [6.07, 6.45) is 4.36. The maximum absolute atomic E-state index is 12.8. The van der Waals surface area contributed by atoms with Crippen LogP contribution in [0.5, 0.6) is 5.75 Å². The summed E-state index contributed by atoms with van der Waals surface area (Å²) in [7, 11) is 2.95. The Morgan fingerprint density at radius 1 is 0.969 bits per heavy atom. The van der Waals surface area contributed by atoms with Gasteiger partial charge in [-0.3, -0.25) is 4.79 Å². The van der Waals surface area contributed by atoms with E-state index in [1.807, 2.05) is 23.2 Å². The molecule has 1 amide bonds. The fourth-order valence-corrected chi connectivity index (χ4v) is 3.97. The van der Waals surface area contributed by atoms with Crippen molar-refractivity contribution in [3.05, 3.63) is 65.4 Å². The van der Waals surface area contributed by atoms with Gasteiger partial charge in [0.25, 0.3) is 0 Å². The Bertz CT molecular complexity index is 1080. The van der Waals surface area contributed by atoms with Crippen molar-refractivity contribution in [2.45, 2.75) is 39.7 Å². The number of methoxy groups -OCH3 is 2. The largest absolute Gasteiger partial charge is 0.496 e. The van der Waals surface area contributed by atoms with Gasteiger partial charge in [-0.2, -0.15) is 0 Å². The topological polar surface area (TPSA) is 60.8 Å². The highest BCUT2D eigenvalue weighted by Gasteiger charge is 2.15. The molecule has 2 aromatic carbocycles. The second-order valence-corrected chi connectivity index (χ2v) is 7.91. The number of hydrogen-bond donors (Lipinski definition) is 0. The first-order valence-corrected chi connectivity index (χ1v) is 11.1. The van der Waals surface area contributed by atoms with E-state index in [0.717, 1.165) is 48.0 Å². The highest BCUT2D eigenvalue weighted by Crippen LogP contribution is 2.25. The highest BCUT2D eigenvalue weighted by atomic mass is 16.5. The quantitative estimate of drug-likeness (QED) is 0.433. The third-order valence-corrected chi connectivity index (χ3v) is 5.58. The summed E-state index contributed by atoms with van der Waals surface area (Å²) in [4.78, 5) is 26.6. The number of ether oxygens (including phenoxy) is 2. The number of aromatic nitrogens is 1. The van der Waals surface area contributed by atoms with E-state index in [9.17, 15) is 9.59 Å². The van der Waals surface area contributed by atoms with Gasteiger partial charge in [0, 0.05) is 30.4 Å². The van der Waals surface area contributed by atoms with Gasteiger partial charge < -0.3 is 18.9 Å². The van der Waals surface area contributed by atoms with Crippen LogP contribution in [0.15, 0.2) is 48.7 Å². The zero-order chi connectivity index (χ0) is 23.1. The first-order chi connectivity index (χ1) is 15.5. The van der Waals surface area contributed by atoms with E-state index in [2.05, 4.69) is 36.6 Å². The summed E-state index contributed by atoms with van der Waals surface area (Å²) in [5.74, 6) is 0.415. The molecule has 0 N–H and O–H groups in total. The first kappa shape index (κ1) is 23.4. The van der Waals surface area contributed by atoms with Gasteiger partial charge in [-0.1, -0.05) is 32.0 Å². The van der Waals surface area contributed by atoms with Gasteiger partial charge in [0.05, 0.1) is 32.7 Å². The Morgan fingerprint density at radius 2 is 1.72 bits per heavy atom. The molecule has 6 heteroatoms. The molecule has 6 nitrogen and oxygen atoms in total. The van der Waals surface area contributed by atoms with Crippen LogP contribution in [0.2, 0.25) is 0 Å². The predicted molar refractivity (Wildman–Crippen MR) is 126 cm³/mol. The van der Waals surface area contributed by atoms with Gasteiger partial charge >= 0.3 is 5.97 Å². The molecule has 0 aliphatic carbocycles. The van der Waals surface area contributed by atoms with Gasteiger partial charge in [-0.25, -0.2) is 4.79 Å². The van der Waals surface area contributed by atoms with Crippen LogP contribution in [-0.2, 0) is 22.5 Å². The SMILES string of the molecule is CCCN(CCC)C(=O)Cc1ccc2ccn(Cc3ccc(C(=O)OC)cc3OC)c2c1. The molecule has 0 saturated heterocycles. The average Bonchev–Trinajstić information content (AvgIpc) is 3.20. The lowest BCUT2D eigenvalue weighted by molar-refractivity contribution is -0.130. The third kappa shape index (κ3) is 5.31. The molecule has 0 saturated carbocycles. The molecule has 0 atom stereocenters. The maximum Gasteiger partial charge on any atom is 0.337 e. The highest BCUT2D eigenvalue weighted by molar-refractivity contribution is 5.90. The molecule has 32 heavy (non-hydrogen) atoms. The van der Waals surface area contributed by atoms with Crippen LogP contribution in [0, 0.1) is 0 Å². The molecule has 3 rings (SSSR count). The summed E-state index contributed by atoms with van der Waals surface area (Å²) >= 11 is 0. The lowest BCUT2D eigenvalue weighted by Gasteiger charge is -2.21. The first-order valence-electron chi connectivity index (χ1n) is 11.1. The van der Waals surface area contributed by atoms with E-state index in [0.29, 0.717) is 24.3 Å². The average molecular weight is 437 g/mol. The normalized spacial score (nSPS) is 10.9. The monoisotopic (exact) mass is 436 g/mol. The summed E-state index contributed by atoms with van der Waals surface area (Å²) in [5, 5.41) is 1.12. The van der Waals surface area contributed by atoms with Crippen LogP contribution in [-0.4, -0.2) is 48.7 Å². The van der Waals surface area contributed by atoms with Gasteiger partial charge in [-0.05, 0) is 48.1 Å². The van der Waals surface area contributed by atoms with E-state index in [1.54, 1.807) is 19.2 Å². The van der Waals surface area contributed by atoms with Crippen molar-refractivity contribution in [3.8, 4) is 5.75 Å². The lowest BCUT2D eigenvalue weighted by atomic mass is 10.1. The van der Waals surface area contributed by atoms with Crippen molar-refractivity contribution in [3.63, 3.8) is 0 Å². The summed E-state index contributed by atoms with van der Waals surface area (Å²) in [5.41, 5.74) is 3.48. The van der Waals surface area contributed by atoms with E-state index in [1.165, 1.54) is 7.11 Å². The smallest absolute Gasteiger partial charge is 0.337 e. The van der Waals surface area contributed by atoms with E-state index in [-0.39, 0.29) is 5.91 Å². The van der Waals surface area contributed by atoms with Crippen LogP contribution in [0.4, 0.5) is 0 Å². The van der Waals surface area contributed by atoms with Crippen molar-refractivity contribution < 1.29 is 19.1 Å². The Morgan fingerprint density at radius 3 is 2.38 bits per heavy atom. The minimum Gasteiger partial charge on any atom is -0.496 e. The van der Waals surface area contributed by atoms with Crippen LogP contribution in [0.25, 0.3) is 10.9 Å². The number of fused-ring (bicyclic) bond motifs is 1. The molecule has 1 heterocycles. The molecular weight excluding hydrogens is 404 g/mol. The molecule has 0 bridgehead atoms. The van der Waals surface area contributed by atoms with Crippen molar-refractivity contribution in [1.29, 1.82) is 0 Å². The Hall–Kier alpha value is -3.28. The lowest BCUT2D eigenvalue weighted by Crippen LogP contribution is -2.33. The fourth-order valence-electron chi connectivity index (χ4n) is 3.97. The van der Waals surface area contributed by atoms with E-state index >= 15 is 0 Å². The minimum absolute atomic E-state index is 0.172. The number of carbonyl (C=O) groups excluding carboxylic acids is 2. The fraction of sp³-hybridized carbons (Fsp3) is 0.385. The summed E-state index contributed by atoms with van der Waals surface area (Å²) in [6, 6.07) is 13.6. The second kappa shape index (κ2) is 10.8. The number of amides is 1. The maximum atomic E-state index is 12.8. The molecule has 170 valence electrons. The van der Waals surface area contributed by atoms with Crippen molar-refractivity contribution in [2.75, 3.05) is 27.3 Å². The molecule has 0 radical (unpaired) electrons. The number of carbonyl (C=O) groups is 2. The van der Waals surface area contributed by atoms with E-state index < -0.39 is 5.97 Å². The molecule has 0 fully saturated rings. The molecule has 0 aliphatic heterocycles. The van der Waals surface area contributed by atoms with Crippen LogP contribution in [0.3, 0.4) is 0 Å². The van der Waals surface area contributed by atoms with Crippen molar-refractivity contribution in [1.82, 2.24) is 9.47 Å². The molecule has 3 aromatic rings. The number of hydrogen-bond acceptors (Lipinski definition) is 4. The zero-order valence-electron chi connectivity index (χ0n) is 19.4. The molecule has 0 spiro atoms. The Kier molecular flexibility index (Phi) is 7.92. The Balaban J connectivity index is 1.85. The number of nitrogens with zero attached hydrogens (tertiary/aromatic N) is 2. The van der Waals surface area contributed by atoms with Crippen LogP contribution >= 0.6 is 0 Å². The molecule has 1 aromatic heterocycles. The van der Waals surface area contributed by atoms with Gasteiger partial charge in [0.2, 0.25) is 5.91 Å². The minimum atomic E-state index is -0.393. The number of benzene rings is 2. The number of esters is 1. The second-order valence-electron chi connectivity index (χ2n) is 7.91. The number of rotatable bonds is 10. The third-order valence-electron chi connectivity index (χ3n) is 5.58. The van der Waals surface area contributed by atoms with Crippen LogP contribution < -0.4 is 4.74 Å². The van der Waals surface area contributed by atoms with Crippen molar-refractivity contribution in [2.24, 2.45) is 0 Å². The van der Waals surface area contributed by atoms with Gasteiger partial charge in [0.1, 0.15) is 5.75 Å². The van der Waals surface area contributed by atoms with Gasteiger partial charge in [-0.15, -0.1) is 0 Å². The predicted octanol–water partition coefficient (Wildman–Crippen LogP) is 4.68. The molecule has 0 aliphatic rings. The zero-order valence-corrected chi connectivity index (χ0v) is 19.4. The molecule has 0 unspecified atom stereocenters. The summed E-state index contributed by atoms with van der Waals surface area (Å²) < 4.78 is 12.5. The van der Waals surface area contributed by atoms with Crippen LogP contribution in [0.1, 0.15) is 48.2 Å². The Labute approximate surface area is 189 Å². The summed E-state index contributed by atoms with van der Waals surface area (Å²) in [6.45, 7) is 6.38. The van der Waals surface area contributed by atoms with Crippen molar-refractivity contribution >= 4 is 22.8 Å². The van der Waals surface area contributed by atoms with Gasteiger partial charge in [0.15, 0.2) is 0 Å².